The quantitative estimate of drug-likeness (QED) is 0.772. The molecule has 1 heterocycles. The summed E-state index contributed by atoms with van der Waals surface area (Å²) in [4.78, 5) is 4.29. The summed E-state index contributed by atoms with van der Waals surface area (Å²) in [6.07, 6.45) is 0.932. The van der Waals surface area contributed by atoms with E-state index in [-0.39, 0.29) is 0 Å². The Morgan fingerprint density at radius 2 is 2.15 bits per heavy atom. The summed E-state index contributed by atoms with van der Waals surface area (Å²) in [6.45, 7) is 4.30. The molecule has 0 saturated carbocycles. The van der Waals surface area contributed by atoms with Crippen LogP contribution in [0.2, 0.25) is 0 Å². The Morgan fingerprint density at radius 3 is 2.69 bits per heavy atom. The molecule has 1 rings (SSSR count). The zero-order valence-electron chi connectivity index (χ0n) is 8.37. The van der Waals surface area contributed by atoms with Gasteiger partial charge in [0.05, 0.1) is 7.11 Å². The highest BCUT2D eigenvalue weighted by Crippen LogP contribution is 2.16. The summed E-state index contributed by atoms with van der Waals surface area (Å²) >= 11 is 0. The topological polar surface area (TPSA) is 48.1 Å². The van der Waals surface area contributed by atoms with E-state index in [0.29, 0.717) is 17.5 Å². The number of nitrogen functional groups attached to an aromatic ring is 1. The van der Waals surface area contributed by atoms with Gasteiger partial charge in [0.1, 0.15) is 0 Å². The van der Waals surface area contributed by atoms with Gasteiger partial charge in [-0.25, -0.2) is 4.98 Å². The molecule has 0 aliphatic heterocycles. The Morgan fingerprint density at radius 1 is 1.46 bits per heavy atom. The van der Waals surface area contributed by atoms with Crippen molar-refractivity contribution in [3.8, 4) is 5.88 Å². The highest BCUT2D eigenvalue weighted by molar-refractivity contribution is 5.42. The lowest BCUT2D eigenvalue weighted by atomic mass is 10.1. The predicted octanol–water partition coefficient (Wildman–Crippen LogP) is 1.87. The first kappa shape index (κ1) is 9.84. The minimum Gasteiger partial charge on any atom is -0.481 e. The normalized spacial score (nSPS) is 10.5. The highest BCUT2D eigenvalue weighted by Gasteiger charge is 2.02. The standard InChI is InChI=1S/C10H16N2O/c1-7(2)4-9-5-8(11)6-10(12-9)13-3/h5-7H,4H2,1-3H3,(H2,11,12). The maximum absolute atomic E-state index is 5.69. The van der Waals surface area contributed by atoms with Crippen LogP contribution in [-0.2, 0) is 6.42 Å². The Kier molecular flexibility index (Phi) is 3.12. The molecule has 0 bridgehead atoms. The number of hydrogen-bond acceptors (Lipinski definition) is 3. The molecule has 0 radical (unpaired) electrons. The molecule has 0 saturated heterocycles. The molecule has 0 fully saturated rings. The van der Waals surface area contributed by atoms with Gasteiger partial charge in [-0.3, -0.25) is 0 Å². The molecule has 72 valence electrons. The van der Waals surface area contributed by atoms with E-state index >= 15 is 0 Å². The van der Waals surface area contributed by atoms with Crippen molar-refractivity contribution in [2.24, 2.45) is 5.92 Å². The van der Waals surface area contributed by atoms with Gasteiger partial charge < -0.3 is 10.5 Å². The van der Waals surface area contributed by atoms with Gasteiger partial charge >= 0.3 is 0 Å². The van der Waals surface area contributed by atoms with Gasteiger partial charge in [0, 0.05) is 17.4 Å². The van der Waals surface area contributed by atoms with Gasteiger partial charge in [-0.15, -0.1) is 0 Å². The van der Waals surface area contributed by atoms with E-state index in [1.54, 1.807) is 13.2 Å². The van der Waals surface area contributed by atoms with Crippen LogP contribution in [0.5, 0.6) is 5.88 Å². The lowest BCUT2D eigenvalue weighted by Crippen LogP contribution is -2.00. The molecule has 3 heteroatoms. The second kappa shape index (κ2) is 4.12. The van der Waals surface area contributed by atoms with E-state index in [4.69, 9.17) is 10.5 Å². The zero-order valence-corrected chi connectivity index (χ0v) is 8.37. The second-order valence-electron chi connectivity index (χ2n) is 3.53. The number of hydrogen-bond donors (Lipinski definition) is 1. The number of nitrogens with zero attached hydrogens (tertiary/aromatic N) is 1. The van der Waals surface area contributed by atoms with Crippen molar-refractivity contribution in [3.63, 3.8) is 0 Å². The SMILES string of the molecule is COc1cc(N)cc(CC(C)C)n1. The molecule has 0 aromatic carbocycles. The molecular weight excluding hydrogens is 164 g/mol. The van der Waals surface area contributed by atoms with Gasteiger partial charge in [-0.2, -0.15) is 0 Å². The maximum atomic E-state index is 5.69. The maximum Gasteiger partial charge on any atom is 0.215 e. The van der Waals surface area contributed by atoms with Crippen molar-refractivity contribution in [1.82, 2.24) is 4.98 Å². The average Bonchev–Trinajstić information content (AvgIpc) is 2.01. The zero-order chi connectivity index (χ0) is 9.84. The van der Waals surface area contributed by atoms with Gasteiger partial charge in [0.2, 0.25) is 5.88 Å². The first-order chi connectivity index (χ1) is 6.11. The largest absolute Gasteiger partial charge is 0.481 e. The number of methoxy groups -OCH3 is 1. The molecule has 2 N–H and O–H groups in total. The van der Waals surface area contributed by atoms with Crippen LogP contribution in [0.3, 0.4) is 0 Å². The number of rotatable bonds is 3. The molecule has 3 nitrogen and oxygen atoms in total. The van der Waals surface area contributed by atoms with Crippen LogP contribution in [0.1, 0.15) is 19.5 Å². The minimum absolute atomic E-state index is 0.582. The first-order valence-electron chi connectivity index (χ1n) is 4.42. The summed E-state index contributed by atoms with van der Waals surface area (Å²) in [5.41, 5.74) is 7.39. The Bertz CT molecular complexity index is 284. The van der Waals surface area contributed by atoms with Crippen LogP contribution in [-0.4, -0.2) is 12.1 Å². The number of pyridine rings is 1. The van der Waals surface area contributed by atoms with Crippen LogP contribution in [0.25, 0.3) is 0 Å². The van der Waals surface area contributed by atoms with Crippen molar-refractivity contribution in [1.29, 1.82) is 0 Å². The molecule has 0 spiro atoms. The third kappa shape index (κ3) is 2.93. The molecule has 0 unspecified atom stereocenters. The lowest BCUT2D eigenvalue weighted by molar-refractivity contribution is 0.395. The third-order valence-corrected chi connectivity index (χ3v) is 1.70. The highest BCUT2D eigenvalue weighted by atomic mass is 16.5. The Labute approximate surface area is 78.9 Å². The van der Waals surface area contributed by atoms with Gasteiger partial charge in [0.25, 0.3) is 0 Å². The van der Waals surface area contributed by atoms with E-state index in [2.05, 4.69) is 18.8 Å². The molecule has 0 amide bonds. The fourth-order valence-electron chi connectivity index (χ4n) is 1.21. The second-order valence-corrected chi connectivity index (χ2v) is 3.53. The lowest BCUT2D eigenvalue weighted by Gasteiger charge is -2.07. The smallest absolute Gasteiger partial charge is 0.215 e. The van der Waals surface area contributed by atoms with Crippen molar-refractivity contribution < 1.29 is 4.74 Å². The Balaban J connectivity index is 2.88. The van der Waals surface area contributed by atoms with E-state index in [9.17, 15) is 0 Å². The minimum atomic E-state index is 0.582. The van der Waals surface area contributed by atoms with E-state index in [0.717, 1.165) is 12.1 Å². The monoisotopic (exact) mass is 180 g/mol. The van der Waals surface area contributed by atoms with Crippen LogP contribution < -0.4 is 10.5 Å². The molecule has 1 aromatic heterocycles. The van der Waals surface area contributed by atoms with E-state index in [1.165, 1.54) is 0 Å². The fourth-order valence-corrected chi connectivity index (χ4v) is 1.21. The summed E-state index contributed by atoms with van der Waals surface area (Å²) in [6, 6.07) is 3.62. The molecule has 0 aliphatic rings. The van der Waals surface area contributed by atoms with Gasteiger partial charge in [-0.05, 0) is 18.4 Å². The van der Waals surface area contributed by atoms with Crippen molar-refractivity contribution in [2.75, 3.05) is 12.8 Å². The molecule has 0 atom stereocenters. The van der Waals surface area contributed by atoms with Crippen molar-refractivity contribution in [2.45, 2.75) is 20.3 Å². The summed E-state index contributed by atoms with van der Waals surface area (Å²) in [7, 11) is 1.60. The molecule has 1 aromatic rings. The summed E-state index contributed by atoms with van der Waals surface area (Å²) < 4.78 is 5.03. The molecular formula is C10H16N2O. The predicted molar refractivity (Wildman–Crippen MR) is 53.7 cm³/mol. The summed E-state index contributed by atoms with van der Waals surface area (Å²) in [5, 5.41) is 0. The van der Waals surface area contributed by atoms with Crippen molar-refractivity contribution >= 4 is 5.69 Å². The van der Waals surface area contributed by atoms with Crippen LogP contribution >= 0.6 is 0 Å². The van der Waals surface area contributed by atoms with Gasteiger partial charge in [0.15, 0.2) is 0 Å². The Hall–Kier alpha value is -1.25. The average molecular weight is 180 g/mol. The number of ether oxygens (including phenoxy) is 1. The molecule has 0 aliphatic carbocycles. The van der Waals surface area contributed by atoms with Crippen molar-refractivity contribution in [3.05, 3.63) is 17.8 Å². The van der Waals surface area contributed by atoms with Crippen LogP contribution in [0.4, 0.5) is 5.69 Å². The number of anilines is 1. The van der Waals surface area contributed by atoms with Crippen LogP contribution in [0, 0.1) is 5.92 Å². The fraction of sp³-hybridized carbons (Fsp3) is 0.500. The van der Waals surface area contributed by atoms with Crippen LogP contribution in [0.15, 0.2) is 12.1 Å². The molecule has 13 heavy (non-hydrogen) atoms. The number of aromatic nitrogens is 1. The first-order valence-corrected chi connectivity index (χ1v) is 4.42. The van der Waals surface area contributed by atoms with E-state index < -0.39 is 0 Å². The van der Waals surface area contributed by atoms with Gasteiger partial charge in [-0.1, -0.05) is 13.8 Å². The third-order valence-electron chi connectivity index (χ3n) is 1.70. The van der Waals surface area contributed by atoms with E-state index in [1.807, 2.05) is 6.07 Å². The summed E-state index contributed by atoms with van der Waals surface area (Å²) in [5.74, 6) is 1.18. The number of nitrogens with two attached hydrogens (primary N) is 1.